The minimum absolute atomic E-state index is 0.0596. The number of carbonyl (C=O) groups excluding carboxylic acids is 1. The first-order chi connectivity index (χ1) is 8.99. The van der Waals surface area contributed by atoms with Gasteiger partial charge in [0.05, 0.1) is 0 Å². The molecular formula is C16H25NO2. The van der Waals surface area contributed by atoms with Gasteiger partial charge in [0.1, 0.15) is 5.75 Å². The van der Waals surface area contributed by atoms with E-state index in [0.29, 0.717) is 18.4 Å². The van der Waals surface area contributed by atoms with Crippen LogP contribution in [0.25, 0.3) is 0 Å². The van der Waals surface area contributed by atoms with Gasteiger partial charge in [0, 0.05) is 6.54 Å². The molecule has 106 valence electrons. The highest BCUT2D eigenvalue weighted by atomic mass is 16.5. The molecular weight excluding hydrogens is 238 g/mol. The third kappa shape index (κ3) is 6.27. The molecule has 1 N–H and O–H groups in total. The van der Waals surface area contributed by atoms with Crippen molar-refractivity contribution in [3.63, 3.8) is 0 Å². The third-order valence-corrected chi connectivity index (χ3v) is 2.94. The monoisotopic (exact) mass is 263 g/mol. The van der Waals surface area contributed by atoms with E-state index >= 15 is 0 Å². The molecule has 0 bridgehead atoms. The quantitative estimate of drug-likeness (QED) is 0.819. The van der Waals surface area contributed by atoms with Crippen LogP contribution >= 0.6 is 0 Å². The number of amides is 1. The van der Waals surface area contributed by atoms with Crippen molar-refractivity contribution in [1.29, 1.82) is 0 Å². The van der Waals surface area contributed by atoms with E-state index in [2.05, 4.69) is 39.1 Å². The van der Waals surface area contributed by atoms with E-state index in [1.165, 1.54) is 5.56 Å². The first-order valence-electron chi connectivity index (χ1n) is 6.98. The SMILES string of the molecule is CC(C)CCNC(=O)COc1cccc(C(C)C)c1. The predicted molar refractivity (Wildman–Crippen MR) is 78.5 cm³/mol. The highest BCUT2D eigenvalue weighted by Crippen LogP contribution is 2.19. The molecule has 0 radical (unpaired) electrons. The maximum absolute atomic E-state index is 11.6. The fourth-order valence-electron chi connectivity index (χ4n) is 1.66. The van der Waals surface area contributed by atoms with Gasteiger partial charge in [-0.15, -0.1) is 0 Å². The zero-order chi connectivity index (χ0) is 14.3. The van der Waals surface area contributed by atoms with E-state index in [4.69, 9.17) is 4.74 Å². The van der Waals surface area contributed by atoms with Gasteiger partial charge in [0.2, 0.25) is 0 Å². The summed E-state index contributed by atoms with van der Waals surface area (Å²) in [6.07, 6.45) is 0.995. The van der Waals surface area contributed by atoms with E-state index in [-0.39, 0.29) is 12.5 Å². The van der Waals surface area contributed by atoms with Crippen LogP contribution in [0, 0.1) is 5.92 Å². The first kappa shape index (κ1) is 15.5. The van der Waals surface area contributed by atoms with Crippen molar-refractivity contribution in [2.45, 2.75) is 40.0 Å². The Morgan fingerprint density at radius 3 is 2.63 bits per heavy atom. The molecule has 0 saturated carbocycles. The van der Waals surface area contributed by atoms with E-state index in [9.17, 15) is 4.79 Å². The molecule has 3 heteroatoms. The summed E-state index contributed by atoms with van der Waals surface area (Å²) < 4.78 is 5.50. The molecule has 0 aromatic heterocycles. The van der Waals surface area contributed by atoms with E-state index in [1.807, 2.05) is 18.2 Å². The zero-order valence-corrected chi connectivity index (χ0v) is 12.4. The standard InChI is InChI=1S/C16H25NO2/c1-12(2)8-9-17-16(18)11-19-15-7-5-6-14(10-15)13(3)4/h5-7,10,12-13H,8-9,11H2,1-4H3,(H,17,18). The number of ether oxygens (including phenoxy) is 1. The Labute approximate surface area is 116 Å². The molecule has 1 rings (SSSR count). The third-order valence-electron chi connectivity index (χ3n) is 2.94. The molecule has 0 aliphatic rings. The van der Waals surface area contributed by atoms with Crippen LogP contribution in [0.3, 0.4) is 0 Å². The Morgan fingerprint density at radius 2 is 2.00 bits per heavy atom. The fourth-order valence-corrected chi connectivity index (χ4v) is 1.66. The topological polar surface area (TPSA) is 38.3 Å². The van der Waals surface area contributed by atoms with Crippen molar-refractivity contribution in [2.24, 2.45) is 5.92 Å². The largest absolute Gasteiger partial charge is 0.484 e. The van der Waals surface area contributed by atoms with Gasteiger partial charge in [0.25, 0.3) is 5.91 Å². The molecule has 0 aliphatic heterocycles. The average Bonchev–Trinajstić information content (AvgIpc) is 2.36. The van der Waals surface area contributed by atoms with Crippen molar-refractivity contribution >= 4 is 5.91 Å². The summed E-state index contributed by atoms with van der Waals surface area (Å²) in [4.78, 5) is 11.6. The molecule has 0 spiro atoms. The lowest BCUT2D eigenvalue weighted by atomic mass is 10.0. The zero-order valence-electron chi connectivity index (χ0n) is 12.4. The Kier molecular flexibility index (Phi) is 6.40. The van der Waals surface area contributed by atoms with Gasteiger partial charge in [-0.2, -0.15) is 0 Å². The average molecular weight is 263 g/mol. The number of nitrogens with one attached hydrogen (secondary N) is 1. The molecule has 1 aromatic rings. The van der Waals surface area contributed by atoms with Gasteiger partial charge in [-0.05, 0) is 36.0 Å². The van der Waals surface area contributed by atoms with E-state index in [0.717, 1.165) is 12.2 Å². The molecule has 0 heterocycles. The van der Waals surface area contributed by atoms with Gasteiger partial charge in [-0.1, -0.05) is 39.8 Å². The molecule has 0 unspecified atom stereocenters. The second-order valence-corrected chi connectivity index (χ2v) is 5.55. The highest BCUT2D eigenvalue weighted by Gasteiger charge is 2.05. The minimum atomic E-state index is -0.0596. The summed E-state index contributed by atoms with van der Waals surface area (Å²) in [7, 11) is 0. The maximum atomic E-state index is 11.6. The van der Waals surface area contributed by atoms with Gasteiger partial charge in [-0.25, -0.2) is 0 Å². The molecule has 0 fully saturated rings. The van der Waals surface area contributed by atoms with Crippen molar-refractivity contribution in [3.8, 4) is 5.75 Å². The smallest absolute Gasteiger partial charge is 0.257 e. The summed E-state index contributed by atoms with van der Waals surface area (Å²) in [6, 6.07) is 7.90. The van der Waals surface area contributed by atoms with Gasteiger partial charge < -0.3 is 10.1 Å². The van der Waals surface area contributed by atoms with Crippen LogP contribution in [-0.4, -0.2) is 19.1 Å². The Hall–Kier alpha value is -1.51. The van der Waals surface area contributed by atoms with Crippen LogP contribution in [-0.2, 0) is 4.79 Å². The summed E-state index contributed by atoms with van der Waals surface area (Å²) in [5.74, 6) is 1.76. The summed E-state index contributed by atoms with van der Waals surface area (Å²) in [5, 5.41) is 2.86. The molecule has 19 heavy (non-hydrogen) atoms. The number of hydrogen-bond donors (Lipinski definition) is 1. The van der Waals surface area contributed by atoms with Crippen LogP contribution in [0.1, 0.15) is 45.6 Å². The molecule has 0 atom stereocenters. The second-order valence-electron chi connectivity index (χ2n) is 5.55. The summed E-state index contributed by atoms with van der Waals surface area (Å²) in [6.45, 7) is 9.35. The summed E-state index contributed by atoms with van der Waals surface area (Å²) >= 11 is 0. The lowest BCUT2D eigenvalue weighted by Crippen LogP contribution is -2.30. The Bertz CT molecular complexity index is 399. The molecule has 1 amide bonds. The van der Waals surface area contributed by atoms with E-state index < -0.39 is 0 Å². The Morgan fingerprint density at radius 1 is 1.26 bits per heavy atom. The van der Waals surface area contributed by atoms with Crippen LogP contribution in [0.4, 0.5) is 0 Å². The molecule has 3 nitrogen and oxygen atoms in total. The van der Waals surface area contributed by atoms with Gasteiger partial charge >= 0.3 is 0 Å². The lowest BCUT2D eigenvalue weighted by Gasteiger charge is -2.10. The molecule has 0 aliphatic carbocycles. The van der Waals surface area contributed by atoms with Crippen LogP contribution in [0.5, 0.6) is 5.75 Å². The van der Waals surface area contributed by atoms with Crippen molar-refractivity contribution in [1.82, 2.24) is 5.32 Å². The van der Waals surface area contributed by atoms with Gasteiger partial charge in [-0.3, -0.25) is 4.79 Å². The number of hydrogen-bond acceptors (Lipinski definition) is 2. The maximum Gasteiger partial charge on any atom is 0.257 e. The summed E-state index contributed by atoms with van der Waals surface area (Å²) in [5.41, 5.74) is 1.22. The lowest BCUT2D eigenvalue weighted by molar-refractivity contribution is -0.123. The van der Waals surface area contributed by atoms with Gasteiger partial charge in [0.15, 0.2) is 6.61 Å². The second kappa shape index (κ2) is 7.82. The predicted octanol–water partition coefficient (Wildman–Crippen LogP) is 3.35. The number of carbonyl (C=O) groups is 1. The van der Waals surface area contributed by atoms with Crippen LogP contribution < -0.4 is 10.1 Å². The first-order valence-corrected chi connectivity index (χ1v) is 6.98. The van der Waals surface area contributed by atoms with Crippen LogP contribution in [0.15, 0.2) is 24.3 Å². The van der Waals surface area contributed by atoms with E-state index in [1.54, 1.807) is 0 Å². The minimum Gasteiger partial charge on any atom is -0.484 e. The number of benzene rings is 1. The molecule has 0 saturated heterocycles. The van der Waals surface area contributed by atoms with Crippen LogP contribution in [0.2, 0.25) is 0 Å². The van der Waals surface area contributed by atoms with Crippen molar-refractivity contribution in [3.05, 3.63) is 29.8 Å². The highest BCUT2D eigenvalue weighted by molar-refractivity contribution is 5.77. The van der Waals surface area contributed by atoms with Crippen molar-refractivity contribution in [2.75, 3.05) is 13.2 Å². The number of rotatable bonds is 7. The normalized spacial score (nSPS) is 10.8. The molecule has 1 aromatic carbocycles. The Balaban J connectivity index is 2.35. The fraction of sp³-hybridized carbons (Fsp3) is 0.562. The van der Waals surface area contributed by atoms with Crippen molar-refractivity contribution < 1.29 is 9.53 Å².